The van der Waals surface area contributed by atoms with Crippen molar-refractivity contribution >= 4 is 15.5 Å². The Morgan fingerprint density at radius 3 is 2.45 bits per heavy atom. The second-order valence-electron chi connectivity index (χ2n) is 4.79. The number of nitrogens with one attached hydrogen (secondary N) is 1. The molecule has 0 spiro atoms. The molecule has 1 aromatic carbocycles. The van der Waals surface area contributed by atoms with E-state index in [0.717, 1.165) is 17.8 Å². The van der Waals surface area contributed by atoms with Crippen molar-refractivity contribution in [1.29, 1.82) is 0 Å². The minimum atomic E-state index is -3.14. The number of nitrogens with zero attached hydrogens (tertiary/aromatic N) is 2. The van der Waals surface area contributed by atoms with Crippen LogP contribution in [-0.2, 0) is 16.4 Å². The van der Waals surface area contributed by atoms with Crippen LogP contribution in [0.15, 0.2) is 41.6 Å². The van der Waals surface area contributed by atoms with E-state index in [-0.39, 0.29) is 6.04 Å². The number of aryl methyl sites for hydroxylation is 1. The van der Waals surface area contributed by atoms with Crippen LogP contribution in [0.1, 0.15) is 25.5 Å². The molecule has 1 unspecified atom stereocenters. The summed E-state index contributed by atoms with van der Waals surface area (Å²) in [6.45, 7) is 4.93. The van der Waals surface area contributed by atoms with Crippen molar-refractivity contribution < 1.29 is 8.42 Å². The number of anilines is 1. The summed E-state index contributed by atoms with van der Waals surface area (Å²) >= 11 is 0. The summed E-state index contributed by atoms with van der Waals surface area (Å²) in [5, 5.41) is 7.57. The molecule has 0 saturated carbocycles. The first-order valence-corrected chi connectivity index (χ1v) is 8.38. The molecule has 0 amide bonds. The molecule has 0 radical (unpaired) electrons. The highest BCUT2D eigenvalue weighted by Crippen LogP contribution is 2.20. The van der Waals surface area contributed by atoms with Gasteiger partial charge in [-0.3, -0.25) is 4.68 Å². The summed E-state index contributed by atoms with van der Waals surface area (Å²) in [4.78, 5) is 0.328. The largest absolute Gasteiger partial charge is 0.378 e. The van der Waals surface area contributed by atoms with Gasteiger partial charge in [0.1, 0.15) is 0 Å². The molecular formula is C14H19N3O2S. The van der Waals surface area contributed by atoms with E-state index < -0.39 is 9.84 Å². The summed E-state index contributed by atoms with van der Waals surface area (Å²) in [5.74, 6) is 0. The quantitative estimate of drug-likeness (QED) is 0.920. The molecule has 5 nitrogen and oxygen atoms in total. The molecule has 0 saturated heterocycles. The predicted octanol–water partition coefficient (Wildman–Crippen LogP) is 2.48. The molecule has 1 heterocycles. The SMILES string of the molecule is CCn1cc(C(C)Nc2ccc(S(C)(=O)=O)cc2)cn1. The molecule has 1 aromatic heterocycles. The first-order chi connectivity index (χ1) is 9.40. The maximum atomic E-state index is 11.4. The highest BCUT2D eigenvalue weighted by molar-refractivity contribution is 7.90. The van der Waals surface area contributed by atoms with E-state index in [4.69, 9.17) is 0 Å². The Morgan fingerprint density at radius 1 is 1.30 bits per heavy atom. The summed E-state index contributed by atoms with van der Waals surface area (Å²) in [6, 6.07) is 6.88. The number of hydrogen-bond donors (Lipinski definition) is 1. The Kier molecular flexibility index (Phi) is 4.13. The van der Waals surface area contributed by atoms with E-state index in [9.17, 15) is 8.42 Å². The average Bonchev–Trinajstić information content (AvgIpc) is 2.87. The van der Waals surface area contributed by atoms with Crippen LogP contribution in [0.3, 0.4) is 0 Å². The minimum absolute atomic E-state index is 0.111. The molecule has 2 rings (SSSR count). The molecule has 1 atom stereocenters. The maximum absolute atomic E-state index is 11.4. The van der Waals surface area contributed by atoms with Gasteiger partial charge in [-0.1, -0.05) is 0 Å². The van der Waals surface area contributed by atoms with Gasteiger partial charge >= 0.3 is 0 Å². The van der Waals surface area contributed by atoms with Gasteiger partial charge in [0.05, 0.1) is 17.1 Å². The number of aromatic nitrogens is 2. The average molecular weight is 293 g/mol. The third-order valence-electron chi connectivity index (χ3n) is 3.14. The predicted molar refractivity (Wildman–Crippen MR) is 79.5 cm³/mol. The molecule has 0 bridgehead atoms. The van der Waals surface area contributed by atoms with Crippen molar-refractivity contribution in [2.24, 2.45) is 0 Å². The molecule has 108 valence electrons. The maximum Gasteiger partial charge on any atom is 0.175 e. The van der Waals surface area contributed by atoms with E-state index in [1.165, 1.54) is 6.26 Å². The van der Waals surface area contributed by atoms with Gasteiger partial charge in [-0.05, 0) is 38.1 Å². The molecule has 0 fully saturated rings. The fraction of sp³-hybridized carbons (Fsp3) is 0.357. The fourth-order valence-electron chi connectivity index (χ4n) is 1.91. The smallest absolute Gasteiger partial charge is 0.175 e. The van der Waals surface area contributed by atoms with Gasteiger partial charge in [-0.2, -0.15) is 5.10 Å². The van der Waals surface area contributed by atoms with E-state index in [0.29, 0.717) is 4.90 Å². The number of benzene rings is 1. The third kappa shape index (κ3) is 3.39. The standard InChI is InChI=1S/C14H19N3O2S/c1-4-17-10-12(9-15-17)11(2)16-13-5-7-14(8-6-13)20(3,18)19/h5-11,16H,4H2,1-3H3. The van der Waals surface area contributed by atoms with Crippen molar-refractivity contribution in [3.8, 4) is 0 Å². The fourth-order valence-corrected chi connectivity index (χ4v) is 2.54. The number of rotatable bonds is 5. The first kappa shape index (κ1) is 14.6. The van der Waals surface area contributed by atoms with Crippen LogP contribution in [0.5, 0.6) is 0 Å². The minimum Gasteiger partial charge on any atom is -0.378 e. The van der Waals surface area contributed by atoms with Gasteiger partial charge in [-0.15, -0.1) is 0 Å². The van der Waals surface area contributed by atoms with Crippen LogP contribution in [0, 0.1) is 0 Å². The topological polar surface area (TPSA) is 64.0 Å². The summed E-state index contributed by atoms with van der Waals surface area (Å²) in [6.07, 6.45) is 5.05. The Labute approximate surface area is 119 Å². The zero-order valence-corrected chi connectivity index (χ0v) is 12.7. The van der Waals surface area contributed by atoms with Gasteiger partial charge in [-0.25, -0.2) is 8.42 Å². The van der Waals surface area contributed by atoms with Crippen LogP contribution in [0.2, 0.25) is 0 Å². The zero-order valence-electron chi connectivity index (χ0n) is 11.9. The number of hydrogen-bond acceptors (Lipinski definition) is 4. The normalized spacial score (nSPS) is 13.2. The van der Waals surface area contributed by atoms with Crippen molar-refractivity contribution in [2.45, 2.75) is 31.3 Å². The van der Waals surface area contributed by atoms with Gasteiger partial charge in [0.15, 0.2) is 9.84 Å². The van der Waals surface area contributed by atoms with Crippen molar-refractivity contribution in [1.82, 2.24) is 9.78 Å². The molecule has 0 aliphatic carbocycles. The van der Waals surface area contributed by atoms with Crippen LogP contribution >= 0.6 is 0 Å². The van der Waals surface area contributed by atoms with E-state index in [1.807, 2.05) is 30.9 Å². The van der Waals surface area contributed by atoms with E-state index in [2.05, 4.69) is 10.4 Å². The lowest BCUT2D eigenvalue weighted by Gasteiger charge is -2.13. The van der Waals surface area contributed by atoms with Crippen LogP contribution in [0.4, 0.5) is 5.69 Å². The number of sulfone groups is 1. The molecular weight excluding hydrogens is 274 g/mol. The summed E-state index contributed by atoms with van der Waals surface area (Å²) in [7, 11) is -3.14. The van der Waals surface area contributed by atoms with E-state index >= 15 is 0 Å². The van der Waals surface area contributed by atoms with Crippen molar-refractivity contribution in [3.05, 3.63) is 42.2 Å². The van der Waals surface area contributed by atoms with Crippen LogP contribution in [-0.4, -0.2) is 24.5 Å². The highest BCUT2D eigenvalue weighted by Gasteiger charge is 2.09. The van der Waals surface area contributed by atoms with Crippen LogP contribution in [0.25, 0.3) is 0 Å². The second kappa shape index (κ2) is 5.66. The van der Waals surface area contributed by atoms with Gasteiger partial charge in [0.2, 0.25) is 0 Å². The lowest BCUT2D eigenvalue weighted by atomic mass is 10.2. The summed E-state index contributed by atoms with van der Waals surface area (Å²) < 4.78 is 24.7. The lowest BCUT2D eigenvalue weighted by molar-refractivity contribution is 0.602. The van der Waals surface area contributed by atoms with Crippen molar-refractivity contribution in [3.63, 3.8) is 0 Å². The van der Waals surface area contributed by atoms with Gasteiger partial charge in [0.25, 0.3) is 0 Å². The first-order valence-electron chi connectivity index (χ1n) is 6.49. The lowest BCUT2D eigenvalue weighted by Crippen LogP contribution is -2.06. The highest BCUT2D eigenvalue weighted by atomic mass is 32.2. The van der Waals surface area contributed by atoms with Gasteiger partial charge in [0, 0.05) is 30.2 Å². The second-order valence-corrected chi connectivity index (χ2v) is 6.81. The van der Waals surface area contributed by atoms with Crippen LogP contribution < -0.4 is 5.32 Å². The Balaban J connectivity index is 2.10. The van der Waals surface area contributed by atoms with E-state index in [1.54, 1.807) is 24.3 Å². The van der Waals surface area contributed by atoms with Crippen molar-refractivity contribution in [2.75, 3.05) is 11.6 Å². The Hall–Kier alpha value is -1.82. The molecule has 0 aliphatic rings. The Morgan fingerprint density at radius 2 is 1.95 bits per heavy atom. The third-order valence-corrected chi connectivity index (χ3v) is 4.27. The molecule has 6 heteroatoms. The molecule has 0 aliphatic heterocycles. The Bertz CT molecular complexity index is 675. The molecule has 20 heavy (non-hydrogen) atoms. The van der Waals surface area contributed by atoms with Gasteiger partial charge < -0.3 is 5.32 Å². The monoisotopic (exact) mass is 293 g/mol. The molecule has 2 aromatic rings. The zero-order chi connectivity index (χ0) is 14.8. The summed E-state index contributed by atoms with van der Waals surface area (Å²) in [5.41, 5.74) is 1.98. The molecule has 1 N–H and O–H groups in total.